The summed E-state index contributed by atoms with van der Waals surface area (Å²) in [6.07, 6.45) is 8.37. The van der Waals surface area contributed by atoms with Crippen molar-refractivity contribution in [2.24, 2.45) is 16.3 Å². The highest BCUT2D eigenvalue weighted by atomic mass is 15.3. The Kier molecular flexibility index (Phi) is 4.96. The van der Waals surface area contributed by atoms with E-state index >= 15 is 0 Å². The molecular formula is C18H34N4. The van der Waals surface area contributed by atoms with Crippen molar-refractivity contribution in [3.05, 3.63) is 0 Å². The first-order valence-electron chi connectivity index (χ1n) is 9.31. The minimum absolute atomic E-state index is 0.647. The monoisotopic (exact) mass is 306 g/mol. The molecule has 126 valence electrons. The van der Waals surface area contributed by atoms with Gasteiger partial charge in [-0.2, -0.15) is 0 Å². The fourth-order valence-electron chi connectivity index (χ4n) is 4.58. The Morgan fingerprint density at radius 3 is 2.64 bits per heavy atom. The smallest absolute Gasteiger partial charge is 0.193 e. The Morgan fingerprint density at radius 2 is 2.05 bits per heavy atom. The SMILES string of the molecule is CN=C(NC[C@H]1CCCN1CC(C)C)N1CCC2(CCC2)C1. The molecule has 1 atom stereocenters. The lowest BCUT2D eigenvalue weighted by Crippen LogP contribution is -2.47. The van der Waals surface area contributed by atoms with Crippen molar-refractivity contribution in [1.29, 1.82) is 0 Å². The van der Waals surface area contributed by atoms with Crippen LogP contribution in [-0.2, 0) is 0 Å². The minimum atomic E-state index is 0.647. The van der Waals surface area contributed by atoms with Gasteiger partial charge in [0, 0.05) is 39.3 Å². The van der Waals surface area contributed by atoms with Crippen LogP contribution in [0.4, 0.5) is 0 Å². The summed E-state index contributed by atoms with van der Waals surface area (Å²) in [5.74, 6) is 1.90. The largest absolute Gasteiger partial charge is 0.355 e. The van der Waals surface area contributed by atoms with Gasteiger partial charge in [-0.1, -0.05) is 20.3 Å². The van der Waals surface area contributed by atoms with E-state index in [9.17, 15) is 0 Å². The summed E-state index contributed by atoms with van der Waals surface area (Å²) in [6.45, 7) is 10.6. The molecule has 2 aliphatic heterocycles. The molecule has 4 heteroatoms. The van der Waals surface area contributed by atoms with Gasteiger partial charge in [0.2, 0.25) is 0 Å². The third-order valence-corrected chi connectivity index (χ3v) is 5.96. The maximum atomic E-state index is 4.55. The molecule has 0 radical (unpaired) electrons. The number of hydrogen-bond acceptors (Lipinski definition) is 2. The number of nitrogens with one attached hydrogen (secondary N) is 1. The summed E-state index contributed by atoms with van der Waals surface area (Å²) in [7, 11) is 1.94. The first-order chi connectivity index (χ1) is 10.6. The number of hydrogen-bond donors (Lipinski definition) is 1. The zero-order valence-corrected chi connectivity index (χ0v) is 14.8. The molecule has 2 saturated heterocycles. The molecule has 4 nitrogen and oxygen atoms in total. The molecule has 1 N–H and O–H groups in total. The first-order valence-corrected chi connectivity index (χ1v) is 9.31. The summed E-state index contributed by atoms with van der Waals surface area (Å²) >= 11 is 0. The van der Waals surface area contributed by atoms with E-state index in [2.05, 4.69) is 34.0 Å². The Bertz CT molecular complexity index is 400. The van der Waals surface area contributed by atoms with Gasteiger partial charge in [0.05, 0.1) is 0 Å². The maximum Gasteiger partial charge on any atom is 0.193 e. The van der Waals surface area contributed by atoms with E-state index in [4.69, 9.17) is 0 Å². The van der Waals surface area contributed by atoms with Crippen molar-refractivity contribution in [2.75, 3.05) is 39.8 Å². The molecule has 1 saturated carbocycles. The second kappa shape index (κ2) is 6.77. The quantitative estimate of drug-likeness (QED) is 0.640. The molecule has 22 heavy (non-hydrogen) atoms. The van der Waals surface area contributed by atoms with Gasteiger partial charge in [-0.25, -0.2) is 0 Å². The molecule has 3 fully saturated rings. The molecule has 1 aliphatic carbocycles. The Balaban J connectivity index is 1.49. The molecule has 0 aromatic rings. The molecule has 0 bridgehead atoms. The summed E-state index contributed by atoms with van der Waals surface area (Å²) in [5, 5.41) is 3.68. The lowest BCUT2D eigenvalue weighted by Gasteiger charge is -2.38. The number of nitrogens with zero attached hydrogens (tertiary/aromatic N) is 3. The molecular weight excluding hydrogens is 272 g/mol. The van der Waals surface area contributed by atoms with Crippen LogP contribution in [0.15, 0.2) is 4.99 Å². The molecule has 0 aromatic carbocycles. The zero-order valence-electron chi connectivity index (χ0n) is 14.8. The van der Waals surface area contributed by atoms with E-state index < -0.39 is 0 Å². The Morgan fingerprint density at radius 1 is 1.23 bits per heavy atom. The second-order valence-corrected chi connectivity index (χ2v) is 8.14. The van der Waals surface area contributed by atoms with Crippen LogP contribution in [0.5, 0.6) is 0 Å². The van der Waals surface area contributed by atoms with Crippen molar-refractivity contribution in [3.63, 3.8) is 0 Å². The number of likely N-dealkylation sites (tertiary alicyclic amines) is 2. The third kappa shape index (κ3) is 3.42. The van der Waals surface area contributed by atoms with Gasteiger partial charge >= 0.3 is 0 Å². The Hall–Kier alpha value is -0.770. The standard InChI is InChI=1S/C18H34N4/c1-15(2)13-21-10-4-6-16(21)12-20-17(19-3)22-11-9-18(14-22)7-5-8-18/h15-16H,4-14H2,1-3H3,(H,19,20)/t16-/m1/s1. The highest BCUT2D eigenvalue weighted by molar-refractivity contribution is 5.80. The van der Waals surface area contributed by atoms with Gasteiger partial charge < -0.3 is 10.2 Å². The predicted octanol–water partition coefficient (Wildman–Crippen LogP) is 2.56. The summed E-state index contributed by atoms with van der Waals surface area (Å²) in [4.78, 5) is 9.72. The molecule has 1 spiro atoms. The average Bonchev–Trinajstić information content (AvgIpc) is 3.06. The lowest BCUT2D eigenvalue weighted by molar-refractivity contribution is 0.151. The van der Waals surface area contributed by atoms with E-state index in [0.29, 0.717) is 11.5 Å². The first kappa shape index (κ1) is 16.1. The van der Waals surface area contributed by atoms with Crippen LogP contribution in [0, 0.1) is 11.3 Å². The summed E-state index contributed by atoms with van der Waals surface area (Å²) in [5.41, 5.74) is 0.647. The fourth-order valence-corrected chi connectivity index (χ4v) is 4.58. The number of rotatable bonds is 4. The van der Waals surface area contributed by atoms with Crippen molar-refractivity contribution >= 4 is 5.96 Å². The third-order valence-electron chi connectivity index (χ3n) is 5.96. The second-order valence-electron chi connectivity index (χ2n) is 8.14. The highest BCUT2D eigenvalue weighted by Gasteiger charge is 2.43. The summed E-state index contributed by atoms with van der Waals surface area (Å²) < 4.78 is 0. The molecule has 2 heterocycles. The highest BCUT2D eigenvalue weighted by Crippen LogP contribution is 2.47. The van der Waals surface area contributed by atoms with Crippen molar-refractivity contribution in [2.45, 2.75) is 58.4 Å². The van der Waals surface area contributed by atoms with Crippen LogP contribution in [-0.4, -0.2) is 61.6 Å². The van der Waals surface area contributed by atoms with Crippen LogP contribution in [0.25, 0.3) is 0 Å². The van der Waals surface area contributed by atoms with Crippen molar-refractivity contribution in [3.8, 4) is 0 Å². The van der Waals surface area contributed by atoms with Crippen LogP contribution in [0.3, 0.4) is 0 Å². The number of guanidine groups is 1. The van der Waals surface area contributed by atoms with E-state index in [-0.39, 0.29) is 0 Å². The molecule has 3 rings (SSSR count). The van der Waals surface area contributed by atoms with Crippen LogP contribution in [0.1, 0.15) is 52.4 Å². The average molecular weight is 306 g/mol. The molecule has 3 aliphatic rings. The van der Waals surface area contributed by atoms with Crippen molar-refractivity contribution in [1.82, 2.24) is 15.1 Å². The van der Waals surface area contributed by atoms with Crippen LogP contribution in [0.2, 0.25) is 0 Å². The van der Waals surface area contributed by atoms with Crippen LogP contribution < -0.4 is 5.32 Å². The maximum absolute atomic E-state index is 4.55. The zero-order chi connectivity index (χ0) is 15.6. The van der Waals surface area contributed by atoms with Crippen LogP contribution >= 0.6 is 0 Å². The topological polar surface area (TPSA) is 30.9 Å². The van der Waals surface area contributed by atoms with Gasteiger partial charge in [-0.05, 0) is 50.0 Å². The molecule has 0 amide bonds. The molecule has 0 unspecified atom stereocenters. The Labute approximate surface area is 136 Å². The normalized spacial score (nSPS) is 28.6. The van der Waals surface area contributed by atoms with E-state index in [0.717, 1.165) is 18.4 Å². The minimum Gasteiger partial charge on any atom is -0.355 e. The summed E-state index contributed by atoms with van der Waals surface area (Å²) in [6, 6.07) is 0.694. The van der Waals surface area contributed by atoms with E-state index in [1.807, 2.05) is 7.05 Å². The predicted molar refractivity (Wildman–Crippen MR) is 93.3 cm³/mol. The van der Waals surface area contributed by atoms with Gasteiger partial charge in [0.1, 0.15) is 0 Å². The van der Waals surface area contributed by atoms with Gasteiger partial charge in [-0.3, -0.25) is 9.89 Å². The van der Waals surface area contributed by atoms with Gasteiger partial charge in [0.25, 0.3) is 0 Å². The van der Waals surface area contributed by atoms with E-state index in [1.165, 1.54) is 64.7 Å². The fraction of sp³-hybridized carbons (Fsp3) is 0.944. The van der Waals surface area contributed by atoms with E-state index in [1.54, 1.807) is 0 Å². The van der Waals surface area contributed by atoms with Gasteiger partial charge in [-0.15, -0.1) is 0 Å². The number of aliphatic imine (C=N–C) groups is 1. The van der Waals surface area contributed by atoms with Gasteiger partial charge in [0.15, 0.2) is 5.96 Å². The molecule has 0 aromatic heterocycles. The van der Waals surface area contributed by atoms with Crippen molar-refractivity contribution < 1.29 is 0 Å². The lowest BCUT2D eigenvalue weighted by atomic mass is 9.68.